The maximum absolute atomic E-state index is 12.5. The Morgan fingerprint density at radius 1 is 1.04 bits per heavy atom. The Hall–Kier alpha value is -1.87. The molecule has 130 valence electrons. The number of methoxy groups -OCH3 is 2. The van der Waals surface area contributed by atoms with Crippen molar-refractivity contribution >= 4 is 17.9 Å². The fourth-order valence-electron chi connectivity index (χ4n) is 2.75. The molecule has 0 bridgehead atoms. The lowest BCUT2D eigenvalue weighted by atomic mass is 10.1. The van der Waals surface area contributed by atoms with Gasteiger partial charge in [-0.15, -0.1) is 0 Å². The Morgan fingerprint density at radius 2 is 1.74 bits per heavy atom. The number of esters is 1. The van der Waals surface area contributed by atoms with E-state index in [1.54, 1.807) is 9.80 Å². The molecule has 3 amide bonds. The highest BCUT2D eigenvalue weighted by molar-refractivity contribution is 5.86. The van der Waals surface area contributed by atoms with Crippen LogP contribution in [0.1, 0.15) is 0 Å². The first-order valence-electron chi connectivity index (χ1n) is 7.56. The third-order valence-electron chi connectivity index (χ3n) is 3.99. The van der Waals surface area contributed by atoms with Crippen molar-refractivity contribution in [2.24, 2.45) is 0 Å². The van der Waals surface area contributed by atoms with Gasteiger partial charge in [-0.05, 0) is 0 Å². The fourth-order valence-corrected chi connectivity index (χ4v) is 2.75. The van der Waals surface area contributed by atoms with E-state index >= 15 is 0 Å². The average Bonchev–Trinajstić information content (AvgIpc) is 2.60. The van der Waals surface area contributed by atoms with Crippen LogP contribution < -0.4 is 0 Å². The second-order valence-corrected chi connectivity index (χ2v) is 5.39. The maximum atomic E-state index is 12.5. The van der Waals surface area contributed by atoms with E-state index in [1.165, 1.54) is 19.1 Å². The summed E-state index contributed by atoms with van der Waals surface area (Å²) in [4.78, 5) is 41.3. The Morgan fingerprint density at radius 3 is 2.35 bits per heavy atom. The minimum atomic E-state index is -0.804. The van der Waals surface area contributed by atoms with Gasteiger partial charge in [-0.1, -0.05) is 0 Å². The van der Waals surface area contributed by atoms with Crippen LogP contribution in [0.4, 0.5) is 4.79 Å². The van der Waals surface area contributed by atoms with Crippen molar-refractivity contribution in [3.63, 3.8) is 0 Å². The Bertz CT molecular complexity index is 452. The van der Waals surface area contributed by atoms with E-state index in [0.29, 0.717) is 32.8 Å². The third-order valence-corrected chi connectivity index (χ3v) is 3.99. The van der Waals surface area contributed by atoms with Gasteiger partial charge < -0.3 is 28.9 Å². The molecular formula is C14H23N3O6. The monoisotopic (exact) mass is 329 g/mol. The Labute approximate surface area is 135 Å². The highest BCUT2D eigenvalue weighted by atomic mass is 16.5. The predicted molar refractivity (Wildman–Crippen MR) is 78.8 cm³/mol. The number of nitrogens with zero attached hydrogens (tertiary/aromatic N) is 3. The summed E-state index contributed by atoms with van der Waals surface area (Å²) in [6.45, 7) is 2.76. The number of piperazine rings is 1. The van der Waals surface area contributed by atoms with Crippen molar-refractivity contribution in [3.8, 4) is 0 Å². The minimum Gasteiger partial charge on any atom is -0.467 e. The number of carbonyl (C=O) groups is 3. The summed E-state index contributed by atoms with van der Waals surface area (Å²) in [7, 11) is 2.69. The Balaban J connectivity index is 2.04. The van der Waals surface area contributed by atoms with Crippen LogP contribution in [0.5, 0.6) is 0 Å². The molecule has 0 saturated carbocycles. The SMILES string of the molecule is COCC(=O)N1CCN(C(=O)N2CCOCC2)CC1C(=O)OC. The van der Waals surface area contributed by atoms with Crippen LogP contribution in [-0.4, -0.2) is 105 Å². The van der Waals surface area contributed by atoms with Gasteiger partial charge in [-0.25, -0.2) is 9.59 Å². The van der Waals surface area contributed by atoms with E-state index in [4.69, 9.17) is 14.2 Å². The van der Waals surface area contributed by atoms with Crippen molar-refractivity contribution in [1.29, 1.82) is 0 Å². The quantitative estimate of drug-likeness (QED) is 0.603. The normalized spacial score (nSPS) is 22.0. The van der Waals surface area contributed by atoms with Crippen molar-refractivity contribution in [2.45, 2.75) is 6.04 Å². The van der Waals surface area contributed by atoms with E-state index in [1.807, 2.05) is 0 Å². The maximum Gasteiger partial charge on any atom is 0.330 e. The minimum absolute atomic E-state index is 0.106. The first-order chi connectivity index (χ1) is 11.1. The second-order valence-electron chi connectivity index (χ2n) is 5.39. The van der Waals surface area contributed by atoms with Gasteiger partial charge in [0.2, 0.25) is 5.91 Å². The van der Waals surface area contributed by atoms with Crippen LogP contribution in [0, 0.1) is 0 Å². The smallest absolute Gasteiger partial charge is 0.330 e. The number of amides is 3. The molecule has 0 aromatic rings. The molecule has 0 N–H and O–H groups in total. The molecule has 23 heavy (non-hydrogen) atoms. The number of carbonyl (C=O) groups excluding carboxylic acids is 3. The summed E-state index contributed by atoms with van der Waals surface area (Å²) in [5, 5.41) is 0. The molecule has 9 nitrogen and oxygen atoms in total. The highest BCUT2D eigenvalue weighted by Crippen LogP contribution is 2.14. The van der Waals surface area contributed by atoms with Crippen molar-refractivity contribution in [1.82, 2.24) is 14.7 Å². The lowest BCUT2D eigenvalue weighted by Crippen LogP contribution is -2.62. The lowest BCUT2D eigenvalue weighted by molar-refractivity contribution is -0.157. The number of hydrogen-bond donors (Lipinski definition) is 0. The molecule has 2 aliphatic rings. The summed E-state index contributed by atoms with van der Waals surface area (Å²) < 4.78 is 14.9. The molecular weight excluding hydrogens is 306 g/mol. The van der Waals surface area contributed by atoms with Gasteiger partial charge in [0, 0.05) is 33.3 Å². The molecule has 9 heteroatoms. The summed E-state index contributed by atoms with van der Waals surface area (Å²) in [5.41, 5.74) is 0. The molecule has 0 aliphatic carbocycles. The van der Waals surface area contributed by atoms with E-state index in [9.17, 15) is 14.4 Å². The van der Waals surface area contributed by atoms with Gasteiger partial charge in [-0.3, -0.25) is 4.79 Å². The molecule has 2 rings (SSSR count). The number of morpholine rings is 1. The fraction of sp³-hybridized carbons (Fsp3) is 0.786. The van der Waals surface area contributed by atoms with Gasteiger partial charge in [0.25, 0.3) is 0 Å². The van der Waals surface area contributed by atoms with Crippen LogP contribution in [0.25, 0.3) is 0 Å². The number of hydrogen-bond acceptors (Lipinski definition) is 6. The summed E-state index contributed by atoms with van der Waals surface area (Å²) in [5.74, 6) is -0.824. The first kappa shape index (κ1) is 17.5. The molecule has 0 aromatic heterocycles. The molecule has 1 unspecified atom stereocenters. The standard InChI is InChI=1S/C14H23N3O6/c1-21-10-12(18)17-4-3-16(9-11(17)13(19)22-2)14(20)15-5-7-23-8-6-15/h11H,3-10H2,1-2H3. The Kier molecular flexibility index (Phi) is 6.17. The molecule has 2 saturated heterocycles. The molecule has 2 aliphatic heterocycles. The summed E-state index contributed by atoms with van der Waals surface area (Å²) in [6, 6.07) is -0.942. The van der Waals surface area contributed by atoms with E-state index in [2.05, 4.69) is 0 Å². The van der Waals surface area contributed by atoms with Gasteiger partial charge in [0.1, 0.15) is 12.6 Å². The van der Waals surface area contributed by atoms with Gasteiger partial charge in [0.05, 0.1) is 26.9 Å². The van der Waals surface area contributed by atoms with Gasteiger partial charge >= 0.3 is 12.0 Å². The van der Waals surface area contributed by atoms with Crippen LogP contribution in [0.15, 0.2) is 0 Å². The van der Waals surface area contributed by atoms with E-state index in [0.717, 1.165) is 0 Å². The number of ether oxygens (including phenoxy) is 3. The van der Waals surface area contributed by atoms with Gasteiger partial charge in [-0.2, -0.15) is 0 Å². The molecule has 2 heterocycles. The number of urea groups is 1. The predicted octanol–water partition coefficient (Wildman–Crippen LogP) is -1.23. The van der Waals surface area contributed by atoms with E-state index in [-0.39, 0.29) is 31.6 Å². The zero-order chi connectivity index (χ0) is 16.8. The lowest BCUT2D eigenvalue weighted by Gasteiger charge is -2.42. The van der Waals surface area contributed by atoms with Crippen LogP contribution >= 0.6 is 0 Å². The van der Waals surface area contributed by atoms with Gasteiger partial charge in [0.15, 0.2) is 0 Å². The van der Waals surface area contributed by atoms with Crippen LogP contribution in [-0.2, 0) is 23.8 Å². The van der Waals surface area contributed by atoms with Crippen molar-refractivity contribution in [2.75, 3.05) is 66.8 Å². The topological polar surface area (TPSA) is 88.6 Å². The molecule has 2 fully saturated rings. The molecule has 0 aromatic carbocycles. The first-order valence-corrected chi connectivity index (χ1v) is 7.56. The second kappa shape index (κ2) is 8.11. The van der Waals surface area contributed by atoms with Crippen molar-refractivity contribution < 1.29 is 28.6 Å². The van der Waals surface area contributed by atoms with Crippen LogP contribution in [0.3, 0.4) is 0 Å². The molecule has 1 atom stereocenters. The zero-order valence-corrected chi connectivity index (χ0v) is 13.5. The highest BCUT2D eigenvalue weighted by Gasteiger charge is 2.38. The number of rotatable bonds is 3. The molecule has 0 spiro atoms. The van der Waals surface area contributed by atoms with E-state index < -0.39 is 12.0 Å². The third kappa shape index (κ3) is 4.11. The van der Waals surface area contributed by atoms with Crippen molar-refractivity contribution in [3.05, 3.63) is 0 Å². The zero-order valence-electron chi connectivity index (χ0n) is 13.5. The largest absolute Gasteiger partial charge is 0.467 e. The molecule has 0 radical (unpaired) electrons. The average molecular weight is 329 g/mol. The summed E-state index contributed by atoms with van der Waals surface area (Å²) in [6.07, 6.45) is 0. The van der Waals surface area contributed by atoms with Crippen LogP contribution in [0.2, 0.25) is 0 Å². The summed E-state index contributed by atoms with van der Waals surface area (Å²) >= 11 is 0.